The molecule has 0 saturated heterocycles. The van der Waals surface area contributed by atoms with Gasteiger partial charge in [0.05, 0.1) is 6.61 Å². The first-order valence-corrected chi connectivity index (χ1v) is 3.33. The summed E-state index contributed by atoms with van der Waals surface area (Å²) in [5, 5.41) is 43.5. The molecule has 0 aromatic rings. The highest BCUT2D eigenvalue weighted by Crippen LogP contribution is 2.02. The van der Waals surface area contributed by atoms with Crippen LogP contribution >= 0.6 is 0 Å². The summed E-state index contributed by atoms with van der Waals surface area (Å²) in [5.74, 6) is 0. The standard InChI is InChI=1S/C6H12O6.S/c7-1-3(9)5(11)6(12)4(10)2-8;/h1,3-6,8-12H,2H2;/q;-2/p+2/t3-,4+,5+,6+;/m0./s1. The molecule has 0 radical (unpaired) electrons. The van der Waals surface area contributed by atoms with Crippen molar-refractivity contribution < 1.29 is 33.2 Å². The van der Waals surface area contributed by atoms with E-state index >= 15 is 0 Å². The maximum absolute atomic E-state index is 9.90. The zero-order valence-corrected chi connectivity index (χ0v) is 7.46. The van der Waals surface area contributed by atoms with Crippen LogP contribution in [-0.2, 0) is 18.3 Å². The lowest BCUT2D eigenvalue weighted by molar-refractivity contribution is -0.136. The molecule has 6 nitrogen and oxygen atoms in total. The molecule has 0 aliphatic rings. The molecule has 0 unspecified atom stereocenters. The van der Waals surface area contributed by atoms with E-state index in [1.165, 1.54) is 0 Å². The van der Waals surface area contributed by atoms with Crippen LogP contribution in [0.1, 0.15) is 2.85 Å². The van der Waals surface area contributed by atoms with Gasteiger partial charge in [0.1, 0.15) is 24.4 Å². The topological polar surface area (TPSA) is 118 Å². The van der Waals surface area contributed by atoms with Crippen molar-refractivity contribution >= 4 is 19.8 Å². The Balaban J connectivity index is -0.000000202. The Bertz CT molecular complexity index is 152. The van der Waals surface area contributed by atoms with Crippen LogP contribution in [0, 0.1) is 0 Å². The van der Waals surface area contributed by atoms with Crippen LogP contribution in [0.2, 0.25) is 0 Å². The van der Waals surface area contributed by atoms with Gasteiger partial charge in [-0.15, -0.1) is 0 Å². The number of hydrogen-bond acceptors (Lipinski definition) is 6. The highest BCUT2D eigenvalue weighted by molar-refractivity contribution is 7.37. The van der Waals surface area contributed by atoms with Crippen LogP contribution < -0.4 is 0 Å². The van der Waals surface area contributed by atoms with E-state index in [9.17, 15) is 4.79 Å². The Labute approximate surface area is 84.9 Å². The van der Waals surface area contributed by atoms with Crippen molar-refractivity contribution in [2.24, 2.45) is 0 Å². The van der Waals surface area contributed by atoms with Crippen LogP contribution in [0.15, 0.2) is 0 Å². The van der Waals surface area contributed by atoms with Crippen molar-refractivity contribution in [3.05, 3.63) is 0 Å². The third-order valence-corrected chi connectivity index (χ3v) is 1.42. The molecule has 0 amide bonds. The number of carbonyl (C=O) groups excluding carboxylic acids is 1. The molecule has 0 spiro atoms. The molecule has 80 valence electrons. The molecule has 0 fully saturated rings. The zero-order valence-electron chi connectivity index (χ0n) is 8.65. The minimum atomic E-state index is -1.79. The lowest BCUT2D eigenvalue weighted by Gasteiger charge is -2.22. The predicted octanol–water partition coefficient (Wildman–Crippen LogP) is -3.16. The maximum atomic E-state index is 9.90. The van der Waals surface area contributed by atoms with Gasteiger partial charge in [-0.25, -0.2) is 0 Å². The van der Waals surface area contributed by atoms with Crippen molar-refractivity contribution in [2.75, 3.05) is 6.61 Å². The van der Waals surface area contributed by atoms with Gasteiger partial charge in [0.15, 0.2) is 6.29 Å². The third kappa shape index (κ3) is 4.55. The normalized spacial score (nSPS) is 19.5. The predicted molar refractivity (Wildman–Crippen MR) is 46.8 cm³/mol. The highest BCUT2D eigenvalue weighted by Gasteiger charge is 2.29. The molecule has 0 aromatic heterocycles. The number of carbonyl (C=O) groups is 1. The Morgan fingerprint density at radius 2 is 1.62 bits per heavy atom. The van der Waals surface area contributed by atoms with Crippen LogP contribution in [0.5, 0.6) is 0 Å². The van der Waals surface area contributed by atoms with Crippen LogP contribution in [0.4, 0.5) is 0 Å². The quantitative estimate of drug-likeness (QED) is 0.308. The molecule has 0 bridgehead atoms. The van der Waals surface area contributed by atoms with Crippen LogP contribution in [-0.4, -0.2) is 62.8 Å². The molecule has 0 rings (SSSR count). The van der Waals surface area contributed by atoms with Crippen LogP contribution in [0.25, 0.3) is 0 Å². The number of rotatable bonds is 5. The van der Waals surface area contributed by atoms with E-state index in [4.69, 9.17) is 25.5 Å². The fourth-order valence-corrected chi connectivity index (χ4v) is 0.618. The minimum absolute atomic E-state index is 0. The fourth-order valence-electron chi connectivity index (χ4n) is 0.618. The SMILES string of the molecule is O=C[C@H](O)[C@@H](O)[C@H](O)[C@H](O)CO.[H+].[H+].[S-2]. The van der Waals surface area contributed by atoms with Gasteiger partial charge >= 0.3 is 2.85 Å². The molecular formula is C6H14O6S. The van der Waals surface area contributed by atoms with Gasteiger partial charge in [-0.1, -0.05) is 0 Å². The second kappa shape index (κ2) is 7.25. The Hall–Kier alpha value is -0.180. The van der Waals surface area contributed by atoms with Gasteiger partial charge in [-0.3, -0.25) is 0 Å². The fraction of sp³-hybridized carbons (Fsp3) is 0.833. The van der Waals surface area contributed by atoms with E-state index in [1.807, 2.05) is 0 Å². The van der Waals surface area contributed by atoms with Gasteiger partial charge in [0.25, 0.3) is 0 Å². The molecule has 0 aromatic carbocycles. The van der Waals surface area contributed by atoms with E-state index in [1.54, 1.807) is 0 Å². The smallest absolute Gasteiger partial charge is 1.00 e. The Morgan fingerprint density at radius 3 is 1.92 bits per heavy atom. The van der Waals surface area contributed by atoms with E-state index in [0.29, 0.717) is 0 Å². The van der Waals surface area contributed by atoms with E-state index in [2.05, 4.69) is 0 Å². The van der Waals surface area contributed by atoms with Crippen molar-refractivity contribution in [3.8, 4) is 0 Å². The second-order valence-electron chi connectivity index (χ2n) is 2.36. The van der Waals surface area contributed by atoms with Crippen molar-refractivity contribution in [3.63, 3.8) is 0 Å². The summed E-state index contributed by atoms with van der Waals surface area (Å²) in [7, 11) is 0. The zero-order chi connectivity index (χ0) is 9.72. The summed E-state index contributed by atoms with van der Waals surface area (Å²) in [6.07, 6.45) is -6.84. The average molecular weight is 214 g/mol. The first-order valence-electron chi connectivity index (χ1n) is 3.33. The third-order valence-electron chi connectivity index (χ3n) is 1.42. The summed E-state index contributed by atoms with van der Waals surface area (Å²) >= 11 is 0. The Kier molecular flexibility index (Phi) is 8.53. The minimum Gasteiger partial charge on any atom is -2.00 e. The molecule has 0 saturated carbocycles. The van der Waals surface area contributed by atoms with Crippen molar-refractivity contribution in [1.29, 1.82) is 0 Å². The Morgan fingerprint density at radius 1 is 1.15 bits per heavy atom. The monoisotopic (exact) mass is 214 g/mol. The van der Waals surface area contributed by atoms with Crippen molar-refractivity contribution in [1.82, 2.24) is 0 Å². The van der Waals surface area contributed by atoms with Gasteiger partial charge in [-0.2, -0.15) is 0 Å². The first kappa shape index (κ1) is 15.3. The molecule has 4 atom stereocenters. The molecule has 0 heterocycles. The number of aldehydes is 1. The van der Waals surface area contributed by atoms with E-state index in [-0.39, 0.29) is 22.6 Å². The average Bonchev–Trinajstić information content (AvgIpc) is 2.12. The maximum Gasteiger partial charge on any atom is 1.00 e. The number of aliphatic hydroxyl groups is 5. The molecule has 7 heteroatoms. The lowest BCUT2D eigenvalue weighted by Crippen LogP contribution is -2.46. The lowest BCUT2D eigenvalue weighted by atomic mass is 10.0. The largest absolute Gasteiger partial charge is 2.00 e. The van der Waals surface area contributed by atoms with Crippen molar-refractivity contribution in [2.45, 2.75) is 24.4 Å². The van der Waals surface area contributed by atoms with Crippen LogP contribution in [0.3, 0.4) is 0 Å². The molecule has 5 N–H and O–H groups in total. The second-order valence-corrected chi connectivity index (χ2v) is 2.36. The summed E-state index contributed by atoms with van der Waals surface area (Å²) in [5.41, 5.74) is 0. The van der Waals surface area contributed by atoms with Gasteiger partial charge < -0.3 is 43.8 Å². The summed E-state index contributed by atoms with van der Waals surface area (Å²) < 4.78 is 0. The van der Waals surface area contributed by atoms with Gasteiger partial charge in [-0.05, 0) is 0 Å². The highest BCUT2D eigenvalue weighted by atomic mass is 32.1. The van der Waals surface area contributed by atoms with Gasteiger partial charge in [0.2, 0.25) is 0 Å². The first-order chi connectivity index (χ1) is 5.54. The summed E-state index contributed by atoms with van der Waals surface area (Å²) in [6.45, 7) is -0.760. The molecule has 13 heavy (non-hydrogen) atoms. The van der Waals surface area contributed by atoms with E-state index in [0.717, 1.165) is 0 Å². The summed E-state index contributed by atoms with van der Waals surface area (Å²) in [4.78, 5) is 9.90. The molecular weight excluding hydrogens is 200 g/mol. The number of hydrogen-bond donors (Lipinski definition) is 5. The van der Waals surface area contributed by atoms with Gasteiger partial charge in [0, 0.05) is 0 Å². The molecule has 0 aliphatic heterocycles. The van der Waals surface area contributed by atoms with E-state index < -0.39 is 31.0 Å². The summed E-state index contributed by atoms with van der Waals surface area (Å²) in [6, 6.07) is 0. The molecule has 0 aliphatic carbocycles. The number of aliphatic hydroxyl groups excluding tert-OH is 5.